The highest BCUT2D eigenvalue weighted by Gasteiger charge is 2.29. The molecule has 7 heteroatoms. The lowest BCUT2D eigenvalue weighted by Crippen LogP contribution is -2.19. The van der Waals surface area contributed by atoms with Crippen molar-refractivity contribution in [3.63, 3.8) is 0 Å². The first-order valence-corrected chi connectivity index (χ1v) is 9.78. The minimum absolute atomic E-state index is 0.160. The molecule has 2 unspecified atom stereocenters. The van der Waals surface area contributed by atoms with Gasteiger partial charge in [0.1, 0.15) is 23.6 Å². The van der Waals surface area contributed by atoms with Gasteiger partial charge in [0.05, 0.1) is 28.8 Å². The summed E-state index contributed by atoms with van der Waals surface area (Å²) in [6.07, 6.45) is 14.9. The van der Waals surface area contributed by atoms with Crippen LogP contribution in [0, 0.1) is 13.8 Å². The van der Waals surface area contributed by atoms with Crippen molar-refractivity contribution in [1.29, 1.82) is 0 Å². The summed E-state index contributed by atoms with van der Waals surface area (Å²) in [5.74, 6) is 2.09. The average Bonchev–Trinajstić information content (AvgIpc) is 3.34. The van der Waals surface area contributed by atoms with Crippen LogP contribution in [0.4, 0.5) is 0 Å². The van der Waals surface area contributed by atoms with Crippen molar-refractivity contribution in [2.24, 2.45) is 12.0 Å². The summed E-state index contributed by atoms with van der Waals surface area (Å²) in [4.78, 5) is 23.2. The number of fused-ring (bicyclic) bond motifs is 3. The van der Waals surface area contributed by atoms with E-state index in [1.54, 1.807) is 6.26 Å². The van der Waals surface area contributed by atoms with Gasteiger partial charge in [0.2, 0.25) is 0 Å². The summed E-state index contributed by atoms with van der Waals surface area (Å²) in [6.45, 7) is 3.98. The molecule has 3 aromatic rings. The lowest BCUT2D eigenvalue weighted by atomic mass is 9.89. The molecular formula is C22H22N6O. The molecule has 1 aliphatic carbocycles. The molecule has 1 aliphatic heterocycles. The predicted molar refractivity (Wildman–Crippen MR) is 111 cm³/mol. The quantitative estimate of drug-likeness (QED) is 0.686. The number of hydrogen-bond donors (Lipinski definition) is 0. The maximum Gasteiger partial charge on any atom is 0.181 e. The van der Waals surface area contributed by atoms with E-state index in [0.717, 1.165) is 58.5 Å². The van der Waals surface area contributed by atoms with Crippen LogP contribution in [0.15, 0.2) is 40.3 Å². The number of oxazole rings is 1. The molecule has 0 amide bonds. The van der Waals surface area contributed by atoms with Gasteiger partial charge in [-0.25, -0.2) is 19.9 Å². The fourth-order valence-corrected chi connectivity index (χ4v) is 4.21. The lowest BCUT2D eigenvalue weighted by molar-refractivity contribution is 0.558. The Morgan fingerprint density at radius 2 is 1.90 bits per heavy atom. The van der Waals surface area contributed by atoms with Gasteiger partial charge in [-0.05, 0) is 26.0 Å². The second kappa shape index (κ2) is 6.92. The van der Waals surface area contributed by atoms with E-state index in [1.807, 2.05) is 26.1 Å². The van der Waals surface area contributed by atoms with E-state index in [9.17, 15) is 0 Å². The maximum absolute atomic E-state index is 5.11. The molecule has 4 heterocycles. The highest BCUT2D eigenvalue weighted by atomic mass is 16.3. The Morgan fingerprint density at radius 1 is 1.07 bits per heavy atom. The normalized spacial score (nSPS) is 19.4. The van der Waals surface area contributed by atoms with Crippen LogP contribution >= 0.6 is 0 Å². The number of dihydropyridines is 1. The van der Waals surface area contributed by atoms with Crippen LogP contribution in [-0.2, 0) is 19.9 Å². The first-order valence-electron chi connectivity index (χ1n) is 9.78. The first-order chi connectivity index (χ1) is 14.1. The molecule has 3 aromatic heterocycles. The Hall–Kier alpha value is -3.35. The van der Waals surface area contributed by atoms with Crippen molar-refractivity contribution >= 4 is 12.3 Å². The summed E-state index contributed by atoms with van der Waals surface area (Å²) >= 11 is 0. The Morgan fingerprint density at radius 3 is 2.66 bits per heavy atom. The van der Waals surface area contributed by atoms with E-state index < -0.39 is 0 Å². The minimum Gasteiger partial charge on any atom is -0.451 e. The summed E-state index contributed by atoms with van der Waals surface area (Å²) in [5, 5.41) is 0. The molecule has 0 N–H and O–H groups in total. The summed E-state index contributed by atoms with van der Waals surface area (Å²) in [7, 11) is 2.08. The third-order valence-electron chi connectivity index (χ3n) is 5.64. The highest BCUT2D eigenvalue weighted by Crippen LogP contribution is 2.34. The monoisotopic (exact) mass is 386 g/mol. The Kier molecular flexibility index (Phi) is 4.23. The van der Waals surface area contributed by atoms with Crippen molar-refractivity contribution in [2.75, 3.05) is 0 Å². The number of allylic oxidation sites excluding steroid dienone is 1. The molecular weight excluding hydrogens is 364 g/mol. The maximum atomic E-state index is 5.11. The molecule has 0 radical (unpaired) electrons. The largest absolute Gasteiger partial charge is 0.451 e. The summed E-state index contributed by atoms with van der Waals surface area (Å²) in [6, 6.07) is 0.160. The number of aryl methyl sites for hydroxylation is 4. The number of hydrogen-bond acceptors (Lipinski definition) is 6. The van der Waals surface area contributed by atoms with Gasteiger partial charge in [0.15, 0.2) is 6.39 Å². The Bertz CT molecular complexity index is 1130. The van der Waals surface area contributed by atoms with Gasteiger partial charge >= 0.3 is 0 Å². The van der Waals surface area contributed by atoms with Crippen molar-refractivity contribution in [3.05, 3.63) is 65.3 Å². The highest BCUT2D eigenvalue weighted by molar-refractivity contribution is 5.74. The molecule has 0 bridgehead atoms. The smallest absolute Gasteiger partial charge is 0.181 e. The van der Waals surface area contributed by atoms with Crippen molar-refractivity contribution in [3.8, 4) is 11.3 Å². The molecule has 0 fully saturated rings. The number of nitrogens with zero attached hydrogens (tertiary/aromatic N) is 6. The van der Waals surface area contributed by atoms with E-state index in [4.69, 9.17) is 19.4 Å². The van der Waals surface area contributed by atoms with Gasteiger partial charge in [-0.1, -0.05) is 12.2 Å². The molecule has 0 aromatic carbocycles. The van der Waals surface area contributed by atoms with Crippen LogP contribution in [0.3, 0.4) is 0 Å². The fourth-order valence-electron chi connectivity index (χ4n) is 4.21. The van der Waals surface area contributed by atoms with Crippen LogP contribution in [0.2, 0.25) is 0 Å². The molecule has 0 saturated heterocycles. The average molecular weight is 386 g/mol. The predicted octanol–water partition coefficient (Wildman–Crippen LogP) is 3.39. The number of aliphatic imine (C=N–C) groups is 1. The molecule has 2 atom stereocenters. The van der Waals surface area contributed by atoms with Crippen molar-refractivity contribution in [1.82, 2.24) is 24.5 Å². The number of imidazole rings is 1. The van der Waals surface area contributed by atoms with Crippen LogP contribution in [0.25, 0.3) is 17.3 Å². The van der Waals surface area contributed by atoms with E-state index >= 15 is 0 Å². The first kappa shape index (κ1) is 17.7. The van der Waals surface area contributed by atoms with E-state index in [0.29, 0.717) is 0 Å². The van der Waals surface area contributed by atoms with Gasteiger partial charge in [-0.15, -0.1) is 0 Å². The van der Waals surface area contributed by atoms with Crippen molar-refractivity contribution < 1.29 is 4.42 Å². The standard InChI is InChI=1S/C22H22N6O/c1-13-21(17-11-29-12-24-17)14(2)26-19(25-13)8-9-20-27-22-15-5-4-10-23-16(15)6-7-18(22)28(20)3/h4-7,10-12,15-16H,8-9H2,1-3H3. The molecule has 29 heavy (non-hydrogen) atoms. The third kappa shape index (κ3) is 3.03. The molecule has 0 saturated carbocycles. The zero-order chi connectivity index (χ0) is 20.0. The molecule has 146 valence electrons. The van der Waals surface area contributed by atoms with Crippen LogP contribution in [0.1, 0.15) is 40.3 Å². The van der Waals surface area contributed by atoms with Gasteiger partial charge in [0, 0.05) is 37.6 Å². The Balaban J connectivity index is 1.39. The molecule has 2 aliphatic rings. The number of rotatable bonds is 4. The zero-order valence-electron chi connectivity index (χ0n) is 16.7. The molecule has 0 spiro atoms. The molecule has 5 rings (SSSR count). The summed E-state index contributed by atoms with van der Waals surface area (Å²) < 4.78 is 7.29. The third-order valence-corrected chi connectivity index (χ3v) is 5.64. The van der Waals surface area contributed by atoms with Gasteiger partial charge in [-0.3, -0.25) is 4.99 Å². The van der Waals surface area contributed by atoms with Crippen LogP contribution < -0.4 is 0 Å². The topological polar surface area (TPSA) is 82.0 Å². The van der Waals surface area contributed by atoms with Crippen LogP contribution in [-0.4, -0.2) is 36.8 Å². The summed E-state index contributed by atoms with van der Waals surface area (Å²) in [5.41, 5.74) is 5.81. The molecule has 7 nitrogen and oxygen atoms in total. The van der Waals surface area contributed by atoms with E-state index in [1.165, 1.54) is 6.39 Å². The van der Waals surface area contributed by atoms with E-state index in [-0.39, 0.29) is 12.0 Å². The SMILES string of the molecule is Cc1nc(CCc2nc3c(n2C)C=CC2N=CC=CC32)nc(C)c1-c1cocn1. The second-order valence-electron chi connectivity index (χ2n) is 7.48. The van der Waals surface area contributed by atoms with Gasteiger partial charge < -0.3 is 8.98 Å². The van der Waals surface area contributed by atoms with Crippen LogP contribution in [0.5, 0.6) is 0 Å². The Labute approximate surface area is 169 Å². The van der Waals surface area contributed by atoms with Gasteiger partial charge in [-0.2, -0.15) is 0 Å². The second-order valence-corrected chi connectivity index (χ2v) is 7.48. The number of aromatic nitrogens is 5. The van der Waals surface area contributed by atoms with Gasteiger partial charge in [0.25, 0.3) is 0 Å². The zero-order valence-corrected chi connectivity index (χ0v) is 16.7. The fraction of sp³-hybridized carbons (Fsp3) is 0.318. The van der Waals surface area contributed by atoms with E-state index in [2.05, 4.69) is 39.8 Å². The van der Waals surface area contributed by atoms with Crippen molar-refractivity contribution in [2.45, 2.75) is 38.6 Å². The lowest BCUT2D eigenvalue weighted by Gasteiger charge is -2.23. The minimum atomic E-state index is 0.160.